The molecule has 0 radical (unpaired) electrons. The van der Waals surface area contributed by atoms with Crippen LogP contribution < -0.4 is 5.43 Å². The van der Waals surface area contributed by atoms with Gasteiger partial charge in [0.05, 0.1) is 22.8 Å². The maximum Gasteiger partial charge on any atom is 0.414 e. The summed E-state index contributed by atoms with van der Waals surface area (Å²) in [7, 11) is 1.33. The number of hydrazone groups is 1. The van der Waals surface area contributed by atoms with Crippen molar-refractivity contribution in [2.75, 3.05) is 19.1 Å². The lowest BCUT2D eigenvalue weighted by atomic mass is 10.1. The van der Waals surface area contributed by atoms with Gasteiger partial charge in [0, 0.05) is 19.0 Å². The summed E-state index contributed by atoms with van der Waals surface area (Å²) in [6, 6.07) is 2.79. The molecule has 0 atom stereocenters. The number of methoxy groups -OCH3 is 1. The van der Waals surface area contributed by atoms with Crippen LogP contribution in [-0.2, 0) is 4.74 Å². The Morgan fingerprint density at radius 1 is 1.38 bits per heavy atom. The minimum absolute atomic E-state index is 0.0998. The van der Waals surface area contributed by atoms with Crippen LogP contribution in [0.3, 0.4) is 0 Å². The number of nitrogens with zero attached hydrogens (tertiary/aromatic N) is 2. The summed E-state index contributed by atoms with van der Waals surface area (Å²) in [5, 5.41) is 14.2. The summed E-state index contributed by atoms with van der Waals surface area (Å²) in [6.07, 6.45) is 2.05. The Morgan fingerprint density at radius 2 is 2.14 bits per heavy atom. The van der Waals surface area contributed by atoms with Gasteiger partial charge < -0.3 is 9.84 Å². The van der Waals surface area contributed by atoms with Gasteiger partial charge in [-0.1, -0.05) is 23.2 Å². The summed E-state index contributed by atoms with van der Waals surface area (Å²) in [4.78, 5) is 13.1. The topological polar surface area (TPSA) is 74.2 Å². The molecule has 1 saturated heterocycles. The first-order valence-electron chi connectivity index (χ1n) is 6.39. The van der Waals surface area contributed by atoms with Crippen molar-refractivity contribution >= 4 is 40.8 Å². The van der Waals surface area contributed by atoms with Gasteiger partial charge in [-0.2, -0.15) is 5.10 Å². The highest BCUT2D eigenvalue weighted by Gasteiger charge is 2.23. The summed E-state index contributed by atoms with van der Waals surface area (Å²) < 4.78 is 4.73. The van der Waals surface area contributed by atoms with Crippen molar-refractivity contribution in [1.82, 2.24) is 4.90 Å². The highest BCUT2D eigenvalue weighted by atomic mass is 35.5. The minimum atomic E-state index is -0.444. The number of hydrogen-bond donors (Lipinski definition) is 2. The standard InChI is InChI=1S/C13H15Cl2N3O3/c1-21-13(20)18-5-3-2-4-12(18)17-16-10-7-11(19)9(15)6-8(10)14/h6-7,16,19H,2-5H2,1H3/b17-12-. The van der Waals surface area contributed by atoms with Crippen LogP contribution in [0.5, 0.6) is 5.75 Å². The lowest BCUT2D eigenvalue weighted by Crippen LogP contribution is -2.40. The number of halogens is 2. The van der Waals surface area contributed by atoms with Gasteiger partial charge in [-0.25, -0.2) is 4.79 Å². The smallest absolute Gasteiger partial charge is 0.414 e. The Labute approximate surface area is 132 Å². The van der Waals surface area contributed by atoms with Crippen molar-refractivity contribution < 1.29 is 14.6 Å². The van der Waals surface area contributed by atoms with Crippen LogP contribution in [0.4, 0.5) is 10.5 Å². The molecule has 1 aromatic rings. The number of benzene rings is 1. The fourth-order valence-electron chi connectivity index (χ4n) is 1.99. The van der Waals surface area contributed by atoms with Gasteiger partial charge in [-0.3, -0.25) is 10.3 Å². The number of anilines is 1. The molecule has 0 unspecified atom stereocenters. The van der Waals surface area contributed by atoms with Gasteiger partial charge in [0.1, 0.15) is 11.6 Å². The van der Waals surface area contributed by atoms with Gasteiger partial charge in [-0.15, -0.1) is 0 Å². The normalized spacial score (nSPS) is 16.9. The quantitative estimate of drug-likeness (QED) is 0.810. The van der Waals surface area contributed by atoms with E-state index in [0.717, 1.165) is 12.8 Å². The molecule has 8 heteroatoms. The number of phenols is 1. The van der Waals surface area contributed by atoms with Gasteiger partial charge in [0.25, 0.3) is 0 Å². The number of phenolic OH excluding ortho intramolecular Hbond substituents is 1. The van der Waals surface area contributed by atoms with E-state index in [1.54, 1.807) is 0 Å². The van der Waals surface area contributed by atoms with Crippen molar-refractivity contribution in [2.45, 2.75) is 19.3 Å². The van der Waals surface area contributed by atoms with Crippen molar-refractivity contribution in [2.24, 2.45) is 5.10 Å². The van der Waals surface area contributed by atoms with E-state index in [1.807, 2.05) is 0 Å². The summed E-state index contributed by atoms with van der Waals surface area (Å²) in [5.41, 5.74) is 3.15. The first-order valence-corrected chi connectivity index (χ1v) is 7.14. The average molecular weight is 332 g/mol. The molecule has 0 aromatic heterocycles. The van der Waals surface area contributed by atoms with Crippen molar-refractivity contribution in [3.8, 4) is 5.75 Å². The van der Waals surface area contributed by atoms with E-state index in [2.05, 4.69) is 10.5 Å². The first-order chi connectivity index (χ1) is 10.0. The predicted octanol–water partition coefficient (Wildman–Crippen LogP) is 3.68. The van der Waals surface area contributed by atoms with Crippen LogP contribution in [-0.4, -0.2) is 35.6 Å². The molecule has 2 rings (SSSR count). The highest BCUT2D eigenvalue weighted by molar-refractivity contribution is 6.37. The molecule has 2 N–H and O–H groups in total. The molecule has 1 aliphatic heterocycles. The fraction of sp³-hybridized carbons (Fsp3) is 0.385. The molecule has 1 fully saturated rings. The second-order valence-electron chi connectivity index (χ2n) is 4.50. The van der Waals surface area contributed by atoms with Gasteiger partial charge in [-0.05, 0) is 18.9 Å². The molecule has 1 amide bonds. The first kappa shape index (κ1) is 15.7. The molecule has 0 saturated carbocycles. The summed E-state index contributed by atoms with van der Waals surface area (Å²) in [6.45, 7) is 0.562. The zero-order chi connectivity index (χ0) is 15.4. The van der Waals surface area contributed by atoms with E-state index in [9.17, 15) is 9.90 Å². The van der Waals surface area contributed by atoms with Crippen molar-refractivity contribution in [3.63, 3.8) is 0 Å². The lowest BCUT2D eigenvalue weighted by Gasteiger charge is -2.26. The van der Waals surface area contributed by atoms with E-state index in [-0.39, 0.29) is 10.8 Å². The number of nitrogens with one attached hydrogen (secondary N) is 1. The van der Waals surface area contributed by atoms with Gasteiger partial charge in [0.15, 0.2) is 0 Å². The number of carbonyl (C=O) groups is 1. The summed E-state index contributed by atoms with van der Waals surface area (Å²) in [5.74, 6) is 0.468. The molecule has 0 spiro atoms. The van der Waals surface area contributed by atoms with E-state index in [1.165, 1.54) is 24.1 Å². The average Bonchev–Trinajstić information content (AvgIpc) is 2.49. The third kappa shape index (κ3) is 3.71. The largest absolute Gasteiger partial charge is 0.506 e. The lowest BCUT2D eigenvalue weighted by molar-refractivity contribution is 0.142. The number of rotatable bonds is 2. The zero-order valence-electron chi connectivity index (χ0n) is 11.4. The molecule has 21 heavy (non-hydrogen) atoms. The fourth-order valence-corrected chi connectivity index (χ4v) is 2.41. The number of ether oxygens (including phenoxy) is 1. The molecular formula is C13H15Cl2N3O3. The van der Waals surface area contributed by atoms with E-state index < -0.39 is 6.09 Å². The predicted molar refractivity (Wildman–Crippen MR) is 82.1 cm³/mol. The maximum absolute atomic E-state index is 11.7. The third-order valence-corrected chi connectivity index (χ3v) is 3.70. The summed E-state index contributed by atoms with van der Waals surface area (Å²) >= 11 is 11.8. The number of aromatic hydroxyl groups is 1. The number of amidine groups is 1. The number of carbonyl (C=O) groups excluding carboxylic acids is 1. The Balaban J connectivity index is 2.18. The van der Waals surface area contributed by atoms with Gasteiger partial charge in [0.2, 0.25) is 0 Å². The number of piperidine rings is 1. The number of amides is 1. The molecule has 1 aromatic carbocycles. The van der Waals surface area contributed by atoms with Crippen LogP contribution in [0.15, 0.2) is 17.2 Å². The van der Waals surface area contributed by atoms with Gasteiger partial charge >= 0.3 is 6.09 Å². The van der Waals surface area contributed by atoms with Crippen molar-refractivity contribution in [3.05, 3.63) is 22.2 Å². The molecule has 0 bridgehead atoms. The Bertz CT molecular complexity index is 578. The molecule has 0 aliphatic carbocycles. The van der Waals surface area contributed by atoms with E-state index in [4.69, 9.17) is 27.9 Å². The second kappa shape index (κ2) is 6.87. The van der Waals surface area contributed by atoms with Crippen molar-refractivity contribution in [1.29, 1.82) is 0 Å². The SMILES string of the molecule is COC(=O)N1CCCC/C1=N/Nc1cc(O)c(Cl)cc1Cl. The van der Waals surface area contributed by atoms with E-state index in [0.29, 0.717) is 29.5 Å². The molecular weight excluding hydrogens is 317 g/mol. The Kier molecular flexibility index (Phi) is 5.14. The second-order valence-corrected chi connectivity index (χ2v) is 5.32. The van der Waals surface area contributed by atoms with Crippen LogP contribution in [0, 0.1) is 0 Å². The third-order valence-electron chi connectivity index (χ3n) is 3.08. The molecule has 1 heterocycles. The molecule has 6 nitrogen and oxygen atoms in total. The molecule has 1 aliphatic rings. The number of hydrogen-bond acceptors (Lipinski definition) is 5. The minimum Gasteiger partial charge on any atom is -0.506 e. The monoisotopic (exact) mass is 331 g/mol. The Hall–Kier alpha value is -1.66. The van der Waals surface area contributed by atoms with Crippen LogP contribution in [0.1, 0.15) is 19.3 Å². The Morgan fingerprint density at radius 3 is 2.86 bits per heavy atom. The van der Waals surface area contributed by atoms with Crippen LogP contribution >= 0.6 is 23.2 Å². The van der Waals surface area contributed by atoms with Crippen LogP contribution in [0.25, 0.3) is 0 Å². The highest BCUT2D eigenvalue weighted by Crippen LogP contribution is 2.33. The number of likely N-dealkylation sites (tertiary alicyclic amines) is 1. The zero-order valence-corrected chi connectivity index (χ0v) is 12.9. The van der Waals surface area contributed by atoms with E-state index >= 15 is 0 Å². The molecule has 114 valence electrons. The maximum atomic E-state index is 11.7. The van der Waals surface area contributed by atoms with Crippen LogP contribution in [0.2, 0.25) is 10.0 Å².